The fraction of sp³-hybridized carbons (Fsp3) is 0.667. The number of carboxylic acid groups (broad SMARTS) is 1. The van der Waals surface area contributed by atoms with Crippen LogP contribution in [-0.2, 0) is 9.53 Å². The Morgan fingerprint density at radius 1 is 1.44 bits per heavy atom. The Bertz CT molecular complexity index is 362. The maximum absolute atomic E-state index is 10.4. The van der Waals surface area contributed by atoms with Gasteiger partial charge < -0.3 is 14.3 Å². The van der Waals surface area contributed by atoms with Crippen LogP contribution in [0.15, 0.2) is 9.64 Å². The fourth-order valence-electron chi connectivity index (χ4n) is 1.51. The van der Waals surface area contributed by atoms with Crippen molar-refractivity contribution in [1.29, 1.82) is 0 Å². The molecule has 16 heavy (non-hydrogen) atoms. The van der Waals surface area contributed by atoms with Crippen molar-refractivity contribution in [2.45, 2.75) is 24.0 Å². The minimum atomic E-state index is -0.893. The van der Waals surface area contributed by atoms with Crippen molar-refractivity contribution in [3.63, 3.8) is 0 Å². The largest absolute Gasteiger partial charge is 0.481 e. The quantitative estimate of drug-likeness (QED) is 0.795. The molecule has 0 unspecified atom stereocenters. The second-order valence-corrected chi connectivity index (χ2v) is 4.40. The van der Waals surface area contributed by atoms with E-state index in [2.05, 4.69) is 10.2 Å². The first kappa shape index (κ1) is 11.4. The zero-order valence-electron chi connectivity index (χ0n) is 8.59. The van der Waals surface area contributed by atoms with Crippen molar-refractivity contribution in [2.24, 2.45) is 0 Å². The first-order chi connectivity index (χ1) is 7.75. The van der Waals surface area contributed by atoms with Gasteiger partial charge in [-0.1, -0.05) is 11.8 Å². The molecule has 1 N–H and O–H groups in total. The molecule has 1 aromatic heterocycles. The summed E-state index contributed by atoms with van der Waals surface area (Å²) in [6.45, 7) is 1.43. The summed E-state index contributed by atoms with van der Waals surface area (Å²) in [7, 11) is 0. The van der Waals surface area contributed by atoms with Gasteiger partial charge in [-0.25, -0.2) is 0 Å². The van der Waals surface area contributed by atoms with E-state index in [4.69, 9.17) is 14.3 Å². The molecule has 7 heteroatoms. The predicted molar refractivity (Wildman–Crippen MR) is 55.5 cm³/mol. The molecule has 6 nitrogen and oxygen atoms in total. The van der Waals surface area contributed by atoms with Gasteiger partial charge in [0.2, 0.25) is 5.89 Å². The SMILES string of the molecule is O=C(O)CSc1nnc(C2CCOCC2)o1. The minimum Gasteiger partial charge on any atom is -0.481 e. The van der Waals surface area contributed by atoms with Crippen molar-refractivity contribution in [3.8, 4) is 0 Å². The standard InChI is InChI=1S/C9H12N2O4S/c12-7(13)5-16-9-11-10-8(15-9)6-1-3-14-4-2-6/h6H,1-5H2,(H,12,13). The second kappa shape index (κ2) is 5.31. The Hall–Kier alpha value is -1.08. The molecule has 0 amide bonds. The molecule has 1 fully saturated rings. The van der Waals surface area contributed by atoms with Crippen LogP contribution in [-0.4, -0.2) is 40.2 Å². The predicted octanol–water partition coefficient (Wildman–Crippen LogP) is 1.14. The summed E-state index contributed by atoms with van der Waals surface area (Å²) in [5.74, 6) is -0.109. The van der Waals surface area contributed by atoms with E-state index in [1.54, 1.807) is 0 Å². The van der Waals surface area contributed by atoms with E-state index in [9.17, 15) is 4.79 Å². The van der Waals surface area contributed by atoms with Crippen LogP contribution in [0.5, 0.6) is 0 Å². The van der Waals surface area contributed by atoms with Crippen molar-refractivity contribution in [1.82, 2.24) is 10.2 Å². The number of hydrogen-bond acceptors (Lipinski definition) is 6. The smallest absolute Gasteiger partial charge is 0.314 e. The summed E-state index contributed by atoms with van der Waals surface area (Å²) in [4.78, 5) is 10.4. The van der Waals surface area contributed by atoms with E-state index < -0.39 is 5.97 Å². The summed E-state index contributed by atoms with van der Waals surface area (Å²) in [6.07, 6.45) is 1.76. The molecule has 1 saturated heterocycles. The van der Waals surface area contributed by atoms with Gasteiger partial charge in [-0.3, -0.25) is 4.79 Å². The molecule has 2 rings (SSSR count). The van der Waals surface area contributed by atoms with E-state index in [1.165, 1.54) is 0 Å². The monoisotopic (exact) mass is 244 g/mol. The second-order valence-electron chi connectivity index (χ2n) is 3.48. The number of nitrogens with zero attached hydrogens (tertiary/aromatic N) is 2. The highest BCUT2D eigenvalue weighted by Crippen LogP contribution is 2.27. The molecule has 1 aliphatic rings. The van der Waals surface area contributed by atoms with Gasteiger partial charge in [-0.2, -0.15) is 0 Å². The van der Waals surface area contributed by atoms with Crippen molar-refractivity contribution in [2.75, 3.05) is 19.0 Å². The van der Waals surface area contributed by atoms with Crippen LogP contribution in [0.3, 0.4) is 0 Å². The van der Waals surface area contributed by atoms with Crippen LogP contribution in [0.4, 0.5) is 0 Å². The number of carbonyl (C=O) groups is 1. The van der Waals surface area contributed by atoms with Crippen LogP contribution in [0.2, 0.25) is 0 Å². The third kappa shape index (κ3) is 2.96. The van der Waals surface area contributed by atoms with Crippen LogP contribution in [0, 0.1) is 0 Å². The molecular formula is C9H12N2O4S. The Balaban J connectivity index is 1.93. The molecule has 0 saturated carbocycles. The number of hydrogen-bond donors (Lipinski definition) is 1. The van der Waals surface area contributed by atoms with Gasteiger partial charge in [-0.15, -0.1) is 10.2 Å². The number of aromatic nitrogens is 2. The zero-order chi connectivity index (χ0) is 11.4. The molecule has 1 aromatic rings. The third-order valence-corrected chi connectivity index (χ3v) is 3.11. The van der Waals surface area contributed by atoms with Gasteiger partial charge in [0, 0.05) is 19.1 Å². The van der Waals surface area contributed by atoms with Crippen molar-refractivity contribution in [3.05, 3.63) is 5.89 Å². The minimum absolute atomic E-state index is 0.0601. The highest BCUT2D eigenvalue weighted by atomic mass is 32.2. The molecule has 0 atom stereocenters. The zero-order valence-corrected chi connectivity index (χ0v) is 9.40. The van der Waals surface area contributed by atoms with Crippen LogP contribution >= 0.6 is 11.8 Å². The lowest BCUT2D eigenvalue weighted by molar-refractivity contribution is -0.133. The summed E-state index contributed by atoms with van der Waals surface area (Å²) in [5.41, 5.74) is 0. The molecule has 0 aromatic carbocycles. The molecule has 88 valence electrons. The number of aliphatic carboxylic acids is 1. The van der Waals surface area contributed by atoms with Crippen LogP contribution in [0.1, 0.15) is 24.7 Å². The number of carboxylic acids is 1. The normalized spacial score (nSPS) is 17.5. The highest BCUT2D eigenvalue weighted by Gasteiger charge is 2.21. The molecular weight excluding hydrogens is 232 g/mol. The fourth-order valence-corrected chi connectivity index (χ4v) is 2.00. The summed E-state index contributed by atoms with van der Waals surface area (Å²) < 4.78 is 10.6. The molecule has 0 bridgehead atoms. The van der Waals surface area contributed by atoms with Gasteiger partial charge in [-0.05, 0) is 12.8 Å². The van der Waals surface area contributed by atoms with Gasteiger partial charge in [0.15, 0.2) is 0 Å². The van der Waals surface area contributed by atoms with Crippen molar-refractivity contribution < 1.29 is 19.1 Å². The van der Waals surface area contributed by atoms with E-state index in [0.29, 0.717) is 24.3 Å². The molecule has 0 aliphatic carbocycles. The van der Waals surface area contributed by atoms with Gasteiger partial charge in [0.1, 0.15) is 5.75 Å². The molecule has 0 spiro atoms. The third-order valence-electron chi connectivity index (χ3n) is 2.31. The lowest BCUT2D eigenvalue weighted by Gasteiger charge is -2.18. The van der Waals surface area contributed by atoms with Crippen LogP contribution in [0.25, 0.3) is 0 Å². The van der Waals surface area contributed by atoms with Crippen LogP contribution < -0.4 is 0 Å². The van der Waals surface area contributed by atoms with Crippen molar-refractivity contribution >= 4 is 17.7 Å². The van der Waals surface area contributed by atoms with E-state index in [1.807, 2.05) is 0 Å². The highest BCUT2D eigenvalue weighted by molar-refractivity contribution is 7.99. The molecule has 1 aliphatic heterocycles. The number of thioether (sulfide) groups is 1. The summed E-state index contributed by atoms with van der Waals surface area (Å²) >= 11 is 1.04. The Morgan fingerprint density at radius 2 is 2.19 bits per heavy atom. The lowest BCUT2D eigenvalue weighted by Crippen LogP contribution is -2.14. The number of rotatable bonds is 4. The molecule has 0 radical (unpaired) electrons. The van der Waals surface area contributed by atoms with Gasteiger partial charge in [0.25, 0.3) is 5.22 Å². The Morgan fingerprint density at radius 3 is 2.88 bits per heavy atom. The van der Waals surface area contributed by atoms with E-state index in [0.717, 1.165) is 24.6 Å². The van der Waals surface area contributed by atoms with Gasteiger partial charge in [0.05, 0.1) is 0 Å². The van der Waals surface area contributed by atoms with E-state index >= 15 is 0 Å². The first-order valence-corrected chi connectivity index (χ1v) is 6.00. The molecule has 2 heterocycles. The maximum atomic E-state index is 10.4. The first-order valence-electron chi connectivity index (χ1n) is 5.01. The topological polar surface area (TPSA) is 85.5 Å². The lowest BCUT2D eigenvalue weighted by atomic mass is 10.0. The van der Waals surface area contributed by atoms with Gasteiger partial charge >= 0.3 is 5.97 Å². The average molecular weight is 244 g/mol. The maximum Gasteiger partial charge on any atom is 0.314 e. The van der Waals surface area contributed by atoms with E-state index in [-0.39, 0.29) is 11.7 Å². The Kier molecular flexibility index (Phi) is 3.79. The Labute approximate surface area is 96.4 Å². The number of ether oxygens (including phenoxy) is 1. The summed E-state index contributed by atoms with van der Waals surface area (Å²) in [5, 5.41) is 16.6. The summed E-state index contributed by atoms with van der Waals surface area (Å²) in [6, 6.07) is 0. The average Bonchev–Trinajstić information content (AvgIpc) is 2.76.